The smallest absolute Gasteiger partial charge is 0.276 e. The van der Waals surface area contributed by atoms with Crippen molar-refractivity contribution in [3.8, 4) is 0 Å². The van der Waals surface area contributed by atoms with Crippen molar-refractivity contribution in [2.24, 2.45) is 0 Å². The molecule has 0 aliphatic rings. The van der Waals surface area contributed by atoms with E-state index in [4.69, 9.17) is 11.6 Å². The number of nitrogens with zero attached hydrogens (tertiary/aromatic N) is 1. The number of aliphatic hydroxyl groups is 1. The number of halogens is 1. The van der Waals surface area contributed by atoms with Crippen LogP contribution in [0, 0.1) is 10.1 Å². The maximum Gasteiger partial charge on any atom is 0.276 e. The first-order chi connectivity index (χ1) is 6.04. The molecule has 0 saturated heterocycles. The SMILES string of the molecule is CC(O)c1c(Cl)cccc1[N+](=O)[O-]. The minimum absolute atomic E-state index is 0.150. The van der Waals surface area contributed by atoms with Crippen LogP contribution >= 0.6 is 11.6 Å². The third-order valence-corrected chi connectivity index (χ3v) is 1.97. The van der Waals surface area contributed by atoms with Gasteiger partial charge in [0.2, 0.25) is 0 Å². The summed E-state index contributed by atoms with van der Waals surface area (Å²) in [5.41, 5.74) is 0.0108. The third kappa shape index (κ3) is 1.96. The molecule has 1 N–H and O–H groups in total. The Balaban J connectivity index is 3.34. The molecule has 0 aliphatic heterocycles. The van der Waals surface area contributed by atoms with E-state index in [1.807, 2.05) is 0 Å². The topological polar surface area (TPSA) is 63.4 Å². The molecule has 1 unspecified atom stereocenters. The van der Waals surface area contributed by atoms with Crippen LogP contribution in [-0.4, -0.2) is 10.0 Å². The maximum atomic E-state index is 10.5. The lowest BCUT2D eigenvalue weighted by atomic mass is 10.1. The molecular formula is C8H8ClNO3. The highest BCUT2D eigenvalue weighted by Crippen LogP contribution is 2.31. The van der Waals surface area contributed by atoms with Crippen LogP contribution in [-0.2, 0) is 0 Å². The van der Waals surface area contributed by atoms with Gasteiger partial charge in [0.15, 0.2) is 0 Å². The summed E-state index contributed by atoms with van der Waals surface area (Å²) in [6, 6.07) is 4.30. The predicted molar refractivity (Wildman–Crippen MR) is 48.7 cm³/mol. The van der Waals surface area contributed by atoms with E-state index in [1.165, 1.54) is 25.1 Å². The third-order valence-electron chi connectivity index (χ3n) is 1.64. The van der Waals surface area contributed by atoms with Gasteiger partial charge in [-0.3, -0.25) is 10.1 Å². The molecule has 1 aromatic rings. The van der Waals surface area contributed by atoms with Crippen molar-refractivity contribution in [3.63, 3.8) is 0 Å². The van der Waals surface area contributed by atoms with Gasteiger partial charge in [0.1, 0.15) is 0 Å². The van der Waals surface area contributed by atoms with Gasteiger partial charge in [0, 0.05) is 6.07 Å². The van der Waals surface area contributed by atoms with Crippen LogP contribution in [0.4, 0.5) is 5.69 Å². The van der Waals surface area contributed by atoms with E-state index in [2.05, 4.69) is 0 Å². The fourth-order valence-corrected chi connectivity index (χ4v) is 1.43. The zero-order valence-corrected chi connectivity index (χ0v) is 7.65. The van der Waals surface area contributed by atoms with Gasteiger partial charge >= 0.3 is 0 Å². The number of rotatable bonds is 2. The minimum Gasteiger partial charge on any atom is -0.388 e. The van der Waals surface area contributed by atoms with E-state index < -0.39 is 11.0 Å². The molecule has 0 saturated carbocycles. The molecule has 0 heterocycles. The molecule has 0 radical (unpaired) electrons. The van der Waals surface area contributed by atoms with E-state index in [-0.39, 0.29) is 16.3 Å². The number of hydrogen-bond acceptors (Lipinski definition) is 3. The first kappa shape index (κ1) is 9.95. The summed E-state index contributed by atoms with van der Waals surface area (Å²) in [7, 11) is 0. The van der Waals surface area contributed by atoms with Gasteiger partial charge in [-0.15, -0.1) is 0 Å². The Labute approximate surface area is 79.9 Å². The average molecular weight is 202 g/mol. The lowest BCUT2D eigenvalue weighted by molar-refractivity contribution is -0.386. The van der Waals surface area contributed by atoms with Gasteiger partial charge < -0.3 is 5.11 Å². The maximum absolute atomic E-state index is 10.5. The molecule has 1 aromatic carbocycles. The van der Waals surface area contributed by atoms with Crippen LogP contribution in [0.15, 0.2) is 18.2 Å². The molecule has 0 amide bonds. The first-order valence-electron chi connectivity index (χ1n) is 3.65. The van der Waals surface area contributed by atoms with Crippen LogP contribution in [0.5, 0.6) is 0 Å². The molecule has 0 aromatic heterocycles. The van der Waals surface area contributed by atoms with Gasteiger partial charge in [-0.2, -0.15) is 0 Å². The quantitative estimate of drug-likeness (QED) is 0.590. The van der Waals surface area contributed by atoms with Gasteiger partial charge in [-0.1, -0.05) is 17.7 Å². The number of nitro benzene ring substituents is 1. The van der Waals surface area contributed by atoms with Crippen molar-refractivity contribution in [2.45, 2.75) is 13.0 Å². The Morgan fingerprint density at radius 3 is 2.62 bits per heavy atom. The summed E-state index contributed by atoms with van der Waals surface area (Å²) < 4.78 is 0. The molecule has 1 rings (SSSR count). The van der Waals surface area contributed by atoms with Crippen LogP contribution in [0.3, 0.4) is 0 Å². The monoisotopic (exact) mass is 201 g/mol. The molecule has 0 bridgehead atoms. The summed E-state index contributed by atoms with van der Waals surface area (Å²) in [4.78, 5) is 9.95. The number of nitro groups is 1. The van der Waals surface area contributed by atoms with Gasteiger partial charge in [0.05, 0.1) is 21.6 Å². The Hall–Kier alpha value is -1.13. The summed E-state index contributed by atoms with van der Waals surface area (Å²) in [6.45, 7) is 1.44. The average Bonchev–Trinajstić information content (AvgIpc) is 2.02. The summed E-state index contributed by atoms with van der Waals surface area (Å²) in [5.74, 6) is 0. The molecular weight excluding hydrogens is 194 g/mol. The Morgan fingerprint density at radius 2 is 2.23 bits per heavy atom. The zero-order valence-electron chi connectivity index (χ0n) is 6.90. The van der Waals surface area contributed by atoms with E-state index in [1.54, 1.807) is 0 Å². The molecule has 13 heavy (non-hydrogen) atoms. The Morgan fingerprint density at radius 1 is 1.62 bits per heavy atom. The summed E-state index contributed by atoms with van der Waals surface area (Å²) in [6.07, 6.45) is -0.936. The molecule has 5 heteroatoms. The lowest BCUT2D eigenvalue weighted by Crippen LogP contribution is -1.99. The van der Waals surface area contributed by atoms with Crippen LogP contribution in [0.1, 0.15) is 18.6 Å². The van der Waals surface area contributed by atoms with Crippen LogP contribution in [0.2, 0.25) is 5.02 Å². The van der Waals surface area contributed by atoms with Gasteiger partial charge in [-0.25, -0.2) is 0 Å². The van der Waals surface area contributed by atoms with Gasteiger partial charge in [-0.05, 0) is 13.0 Å². The van der Waals surface area contributed by atoms with E-state index in [0.29, 0.717) is 0 Å². The largest absolute Gasteiger partial charge is 0.388 e. The number of aliphatic hydroxyl groups excluding tert-OH is 1. The highest BCUT2D eigenvalue weighted by molar-refractivity contribution is 6.31. The van der Waals surface area contributed by atoms with Crippen molar-refractivity contribution < 1.29 is 10.0 Å². The predicted octanol–water partition coefficient (Wildman–Crippen LogP) is 2.30. The normalized spacial score (nSPS) is 12.5. The van der Waals surface area contributed by atoms with E-state index >= 15 is 0 Å². The van der Waals surface area contributed by atoms with E-state index in [0.717, 1.165) is 0 Å². The highest BCUT2D eigenvalue weighted by Gasteiger charge is 2.19. The fraction of sp³-hybridized carbons (Fsp3) is 0.250. The second-order valence-corrected chi connectivity index (χ2v) is 3.01. The zero-order chi connectivity index (χ0) is 10.0. The van der Waals surface area contributed by atoms with E-state index in [9.17, 15) is 15.2 Å². The van der Waals surface area contributed by atoms with Crippen molar-refractivity contribution >= 4 is 17.3 Å². The second-order valence-electron chi connectivity index (χ2n) is 2.61. The number of hydrogen-bond donors (Lipinski definition) is 1. The summed E-state index contributed by atoms with van der Waals surface area (Å²) in [5, 5.41) is 20.0. The molecule has 1 atom stereocenters. The van der Waals surface area contributed by atoms with Gasteiger partial charge in [0.25, 0.3) is 5.69 Å². The van der Waals surface area contributed by atoms with Crippen LogP contribution < -0.4 is 0 Å². The Kier molecular flexibility index (Phi) is 2.85. The minimum atomic E-state index is -0.936. The van der Waals surface area contributed by atoms with Crippen molar-refractivity contribution in [3.05, 3.63) is 38.9 Å². The lowest BCUT2D eigenvalue weighted by Gasteiger charge is -2.06. The Bertz CT molecular complexity index is 338. The highest BCUT2D eigenvalue weighted by atomic mass is 35.5. The standard InChI is InChI=1S/C8H8ClNO3/c1-5(11)8-6(9)3-2-4-7(8)10(12)13/h2-5,11H,1H3. The molecule has 4 nitrogen and oxygen atoms in total. The molecule has 0 fully saturated rings. The van der Waals surface area contributed by atoms with Crippen molar-refractivity contribution in [1.82, 2.24) is 0 Å². The van der Waals surface area contributed by atoms with Crippen LogP contribution in [0.25, 0.3) is 0 Å². The fourth-order valence-electron chi connectivity index (χ4n) is 1.10. The molecule has 0 spiro atoms. The van der Waals surface area contributed by atoms with Crippen molar-refractivity contribution in [2.75, 3.05) is 0 Å². The number of benzene rings is 1. The second kappa shape index (κ2) is 3.72. The molecule has 70 valence electrons. The van der Waals surface area contributed by atoms with Crippen molar-refractivity contribution in [1.29, 1.82) is 0 Å². The molecule has 0 aliphatic carbocycles. The summed E-state index contributed by atoms with van der Waals surface area (Å²) >= 11 is 5.70. The first-order valence-corrected chi connectivity index (χ1v) is 4.02.